The summed E-state index contributed by atoms with van der Waals surface area (Å²) in [7, 11) is 0. The molecule has 0 saturated carbocycles. The molecular weight excluding hydrogens is 544 g/mol. The molecule has 232 valence electrons. The molecule has 10 nitrogen and oxygen atoms in total. The van der Waals surface area contributed by atoms with Gasteiger partial charge in [-0.05, 0) is 32.8 Å². The Morgan fingerprint density at radius 1 is 0.929 bits per heavy atom. The molecule has 1 fully saturated rings. The predicted octanol–water partition coefficient (Wildman–Crippen LogP) is 4.98. The van der Waals surface area contributed by atoms with E-state index in [1.165, 1.54) is 32.4 Å². The van der Waals surface area contributed by atoms with Gasteiger partial charge in [-0.1, -0.05) is 76.1 Å². The Bertz CT molecular complexity index is 1040. The lowest BCUT2D eigenvalue weighted by molar-refractivity contribution is -0.159. The Morgan fingerprint density at radius 2 is 1.48 bits per heavy atom. The molecule has 0 amide bonds. The number of rotatable bonds is 13. The molecule has 0 bridgehead atoms. The van der Waals surface area contributed by atoms with Crippen LogP contribution in [0, 0.1) is 0 Å². The van der Waals surface area contributed by atoms with Gasteiger partial charge in [0, 0.05) is 24.1 Å². The highest BCUT2D eigenvalue weighted by molar-refractivity contribution is 5.88. The quantitative estimate of drug-likeness (QED) is 0.102. The average molecular weight is 589 g/mol. The van der Waals surface area contributed by atoms with Crippen molar-refractivity contribution >= 4 is 35.7 Å². The summed E-state index contributed by atoms with van der Waals surface area (Å²) in [5, 5.41) is 0. The first kappa shape index (κ1) is 39.8. The molecule has 2 unspecified atom stereocenters. The zero-order valence-corrected chi connectivity index (χ0v) is 25.3. The van der Waals surface area contributed by atoms with Gasteiger partial charge in [-0.15, -0.1) is 0 Å². The number of benzene rings is 1. The Balaban J connectivity index is 0. The van der Waals surface area contributed by atoms with Gasteiger partial charge in [0.25, 0.3) is 0 Å². The zero-order valence-electron chi connectivity index (χ0n) is 25.3. The summed E-state index contributed by atoms with van der Waals surface area (Å²) in [6.07, 6.45) is 4.09. The highest BCUT2D eigenvalue weighted by atomic mass is 16.6. The monoisotopic (exact) mass is 588 g/mol. The fourth-order valence-corrected chi connectivity index (χ4v) is 2.13. The fraction of sp³-hybridized carbons (Fsp3) is 0.406. The topological polar surface area (TPSA) is 135 Å². The Hall–Kier alpha value is -4.31. The molecule has 10 heteroatoms. The number of hydrogen-bond acceptors (Lipinski definition) is 10. The van der Waals surface area contributed by atoms with E-state index in [4.69, 9.17) is 14.2 Å². The van der Waals surface area contributed by atoms with Gasteiger partial charge in [0.05, 0.1) is 13.2 Å². The molecule has 0 spiro atoms. The first-order chi connectivity index (χ1) is 19.8. The van der Waals surface area contributed by atoms with Crippen LogP contribution >= 0.6 is 0 Å². The minimum Gasteiger partial charge on any atom is -0.463 e. The molecular formula is C32H44O10. The van der Waals surface area contributed by atoms with E-state index in [0.717, 1.165) is 12.8 Å². The third-order valence-corrected chi connectivity index (χ3v) is 4.57. The van der Waals surface area contributed by atoms with E-state index in [1.807, 2.05) is 43.3 Å². The van der Waals surface area contributed by atoms with Crippen molar-refractivity contribution in [3.63, 3.8) is 0 Å². The van der Waals surface area contributed by atoms with Crippen molar-refractivity contribution in [1.29, 1.82) is 0 Å². The number of esters is 4. The lowest BCUT2D eigenvalue weighted by Gasteiger charge is -2.13. The number of Topliss-reactive ketones (excluding diaryl/α,β-unsaturated/α-hetero) is 1. The molecule has 1 heterocycles. The second-order valence-electron chi connectivity index (χ2n) is 8.76. The number of hydrogen-bond donors (Lipinski definition) is 0. The lowest BCUT2D eigenvalue weighted by atomic mass is 10.2. The van der Waals surface area contributed by atoms with Crippen LogP contribution in [-0.4, -0.2) is 68.3 Å². The number of ketones is 1. The summed E-state index contributed by atoms with van der Waals surface area (Å²) in [4.78, 5) is 53.6. The number of carbonyl (C=O) groups excluding carboxylic acids is 5. The highest BCUT2D eigenvalue weighted by Gasteiger charge is 2.24. The molecule has 0 N–H and O–H groups in total. The highest BCUT2D eigenvalue weighted by Crippen LogP contribution is 2.09. The summed E-state index contributed by atoms with van der Waals surface area (Å²) in [5.41, 5.74) is 1.83. The SMILES string of the molecule is C=C(C)C(=O)OCC(OC(C)=O)C(C)=O.C=C(C)C(=O)OCC1CO1.C=CC(=O)OCCCC.C=Cc1ccccc1. The van der Waals surface area contributed by atoms with Crippen LogP contribution in [0.15, 0.2) is 73.9 Å². The molecule has 1 aliphatic rings. The molecule has 2 atom stereocenters. The van der Waals surface area contributed by atoms with Gasteiger partial charge in [0.1, 0.15) is 19.3 Å². The van der Waals surface area contributed by atoms with Crippen LogP contribution in [0.3, 0.4) is 0 Å². The van der Waals surface area contributed by atoms with Gasteiger partial charge < -0.3 is 23.7 Å². The number of carbonyl (C=O) groups is 5. The van der Waals surface area contributed by atoms with E-state index in [1.54, 1.807) is 6.92 Å². The first-order valence-corrected chi connectivity index (χ1v) is 13.2. The van der Waals surface area contributed by atoms with Crippen LogP contribution in [0.5, 0.6) is 0 Å². The third-order valence-electron chi connectivity index (χ3n) is 4.57. The molecule has 1 aromatic rings. The summed E-state index contributed by atoms with van der Waals surface area (Å²) in [6.45, 7) is 22.6. The smallest absolute Gasteiger partial charge is 0.333 e. The number of unbranched alkanes of at least 4 members (excludes halogenated alkanes) is 1. The van der Waals surface area contributed by atoms with Gasteiger partial charge in [-0.2, -0.15) is 0 Å². The maximum absolute atomic E-state index is 11.0. The van der Waals surface area contributed by atoms with Crippen LogP contribution in [0.1, 0.15) is 53.0 Å². The zero-order chi connectivity index (χ0) is 32.5. The van der Waals surface area contributed by atoms with Crippen molar-refractivity contribution in [2.75, 3.05) is 26.4 Å². The summed E-state index contributed by atoms with van der Waals surface area (Å²) >= 11 is 0. The van der Waals surface area contributed by atoms with E-state index in [-0.39, 0.29) is 36.0 Å². The van der Waals surface area contributed by atoms with Crippen LogP contribution in [0.25, 0.3) is 6.08 Å². The molecule has 1 aliphatic heterocycles. The van der Waals surface area contributed by atoms with E-state index >= 15 is 0 Å². The third kappa shape index (κ3) is 24.7. The van der Waals surface area contributed by atoms with E-state index in [2.05, 4.69) is 35.8 Å². The van der Waals surface area contributed by atoms with Crippen LogP contribution < -0.4 is 0 Å². The van der Waals surface area contributed by atoms with Gasteiger partial charge >= 0.3 is 23.9 Å². The van der Waals surface area contributed by atoms with Gasteiger partial charge in [0.15, 0.2) is 11.9 Å². The van der Waals surface area contributed by atoms with Crippen molar-refractivity contribution in [1.82, 2.24) is 0 Å². The lowest BCUT2D eigenvalue weighted by Crippen LogP contribution is -2.30. The Morgan fingerprint density at radius 3 is 1.86 bits per heavy atom. The predicted molar refractivity (Wildman–Crippen MR) is 160 cm³/mol. The molecule has 2 rings (SSSR count). The number of ether oxygens (including phenoxy) is 5. The van der Waals surface area contributed by atoms with E-state index in [9.17, 15) is 24.0 Å². The van der Waals surface area contributed by atoms with Crippen molar-refractivity contribution in [3.8, 4) is 0 Å². The molecule has 1 saturated heterocycles. The van der Waals surface area contributed by atoms with Crippen LogP contribution in [0.2, 0.25) is 0 Å². The fourth-order valence-electron chi connectivity index (χ4n) is 2.13. The minimum absolute atomic E-state index is 0.142. The van der Waals surface area contributed by atoms with Crippen molar-refractivity contribution in [3.05, 3.63) is 79.4 Å². The normalized spacial score (nSPS) is 12.7. The standard InChI is InChI=1S/C10H14O5.C8H8.C7H10O3.C7H12O2/c1-6(2)10(13)14-5-9(7(3)11)15-8(4)12;1-2-8-6-4-3-5-7-8;1-5(2)7(8)10-4-6-3-9-6;1-3-5-6-9-7(8)4-2/h9H,1,5H2,2-4H3;2-7H,1H2;6H,1,3-4H2,2H3;4H,2-3,5-6H2,1H3. The van der Waals surface area contributed by atoms with Gasteiger partial charge in [0.2, 0.25) is 0 Å². The van der Waals surface area contributed by atoms with Gasteiger partial charge in [-0.25, -0.2) is 14.4 Å². The Kier molecular flexibility index (Phi) is 23.2. The summed E-state index contributed by atoms with van der Waals surface area (Å²) < 4.78 is 23.6. The first-order valence-electron chi connectivity index (χ1n) is 13.2. The van der Waals surface area contributed by atoms with E-state index in [0.29, 0.717) is 25.4 Å². The molecule has 0 radical (unpaired) electrons. The van der Waals surface area contributed by atoms with Gasteiger partial charge in [-0.3, -0.25) is 9.59 Å². The molecule has 0 aromatic heterocycles. The number of epoxide rings is 1. The molecule has 42 heavy (non-hydrogen) atoms. The van der Waals surface area contributed by atoms with Crippen molar-refractivity contribution in [2.24, 2.45) is 0 Å². The summed E-state index contributed by atoms with van der Waals surface area (Å²) in [5.74, 6) is -2.26. The average Bonchev–Trinajstić information content (AvgIpc) is 3.79. The summed E-state index contributed by atoms with van der Waals surface area (Å²) in [6, 6.07) is 10.0. The molecule has 0 aliphatic carbocycles. The van der Waals surface area contributed by atoms with Crippen LogP contribution in [0.4, 0.5) is 0 Å². The van der Waals surface area contributed by atoms with Crippen LogP contribution in [-0.2, 0) is 47.7 Å². The van der Waals surface area contributed by atoms with Crippen molar-refractivity contribution in [2.45, 2.75) is 59.7 Å². The largest absolute Gasteiger partial charge is 0.463 e. The molecule has 1 aromatic carbocycles. The second-order valence-corrected chi connectivity index (χ2v) is 8.76. The maximum atomic E-state index is 11.0. The van der Waals surface area contributed by atoms with E-state index < -0.39 is 18.0 Å². The second kappa shape index (κ2) is 24.5. The Labute approximate surface area is 249 Å². The van der Waals surface area contributed by atoms with Crippen molar-refractivity contribution < 1.29 is 47.7 Å². The maximum Gasteiger partial charge on any atom is 0.333 e. The minimum atomic E-state index is -1.04.